The Hall–Kier alpha value is -1.38. The number of amidine groups is 1. The lowest BCUT2D eigenvalue weighted by atomic mass is 10.1. The van der Waals surface area contributed by atoms with E-state index < -0.39 is 0 Å². The lowest BCUT2D eigenvalue weighted by Crippen LogP contribution is -2.28. The van der Waals surface area contributed by atoms with Crippen molar-refractivity contribution in [2.45, 2.75) is 32.2 Å². The second kappa shape index (κ2) is 5.10. The maximum atomic E-state index is 12.8. The molecule has 1 aliphatic rings. The molecule has 1 aromatic carbocycles. The lowest BCUT2D eigenvalue weighted by molar-refractivity contribution is 0.622. The summed E-state index contributed by atoms with van der Waals surface area (Å²) in [5, 5.41) is 3.38. The number of rotatable bonds is 2. The first-order chi connectivity index (χ1) is 7.75. The Balaban J connectivity index is 1.99. The van der Waals surface area contributed by atoms with E-state index in [0.29, 0.717) is 0 Å². The van der Waals surface area contributed by atoms with Crippen molar-refractivity contribution in [2.75, 3.05) is 6.54 Å². The third kappa shape index (κ3) is 2.81. The Kier molecular flexibility index (Phi) is 3.54. The van der Waals surface area contributed by atoms with Gasteiger partial charge in [0.25, 0.3) is 0 Å². The molecule has 0 fully saturated rings. The van der Waals surface area contributed by atoms with Crippen LogP contribution in [0.2, 0.25) is 0 Å². The van der Waals surface area contributed by atoms with E-state index in [4.69, 9.17) is 0 Å². The molecule has 2 nitrogen and oxygen atoms in total. The van der Waals surface area contributed by atoms with Crippen molar-refractivity contribution in [1.82, 2.24) is 5.32 Å². The summed E-state index contributed by atoms with van der Waals surface area (Å²) < 4.78 is 12.8. The van der Waals surface area contributed by atoms with Gasteiger partial charge in [-0.1, -0.05) is 12.1 Å². The summed E-state index contributed by atoms with van der Waals surface area (Å²) in [5.74, 6) is 0.897. The molecule has 86 valence electrons. The molecule has 1 aliphatic heterocycles. The maximum Gasteiger partial charge on any atom is 0.123 e. The molecule has 0 aliphatic carbocycles. The van der Waals surface area contributed by atoms with E-state index in [0.717, 1.165) is 24.4 Å². The van der Waals surface area contributed by atoms with Gasteiger partial charge < -0.3 is 5.32 Å². The maximum absolute atomic E-state index is 12.8. The Morgan fingerprint density at radius 2 is 2.00 bits per heavy atom. The number of aliphatic imine (C=N–C) groups is 1. The second-order valence-corrected chi connectivity index (χ2v) is 4.20. The molecule has 1 N–H and O–H groups in total. The fourth-order valence-corrected chi connectivity index (χ4v) is 1.90. The van der Waals surface area contributed by atoms with Crippen LogP contribution in [-0.2, 0) is 0 Å². The molecule has 1 aromatic rings. The van der Waals surface area contributed by atoms with E-state index in [2.05, 4.69) is 17.2 Å². The fraction of sp³-hybridized carbons (Fsp3) is 0.462. The molecule has 0 aromatic heterocycles. The summed E-state index contributed by atoms with van der Waals surface area (Å²) in [6, 6.07) is 6.82. The van der Waals surface area contributed by atoms with Crippen LogP contribution in [0.1, 0.15) is 37.8 Å². The Morgan fingerprint density at radius 3 is 2.62 bits per heavy atom. The highest BCUT2D eigenvalue weighted by atomic mass is 19.1. The largest absolute Gasteiger partial charge is 0.367 e. The Bertz CT molecular complexity index is 370. The molecule has 0 saturated carbocycles. The van der Waals surface area contributed by atoms with Gasteiger partial charge in [0, 0.05) is 19.0 Å². The van der Waals surface area contributed by atoms with Crippen LogP contribution in [-0.4, -0.2) is 12.4 Å². The molecule has 3 heteroatoms. The number of hydrogen-bond donors (Lipinski definition) is 1. The molecule has 0 saturated heterocycles. The Labute approximate surface area is 95.6 Å². The summed E-state index contributed by atoms with van der Waals surface area (Å²) in [5.41, 5.74) is 1.09. The summed E-state index contributed by atoms with van der Waals surface area (Å²) in [6.45, 7) is 3.00. The molecule has 0 spiro atoms. The van der Waals surface area contributed by atoms with E-state index in [1.54, 1.807) is 0 Å². The average Bonchev–Trinajstić information content (AvgIpc) is 2.31. The highest BCUT2D eigenvalue weighted by Crippen LogP contribution is 2.14. The number of benzene rings is 1. The molecule has 0 bridgehead atoms. The standard InChI is InChI=1S/C13H17FN2/c1-10(11-5-7-12(14)8-6-11)16-13-4-2-3-9-15-13/h5-8,10H,2-4,9H2,1H3,(H,15,16)/t10-/m0/s1. The predicted octanol–water partition coefficient (Wildman–Crippen LogP) is 3.06. The molecule has 2 rings (SSSR count). The predicted molar refractivity (Wildman–Crippen MR) is 64.1 cm³/mol. The van der Waals surface area contributed by atoms with Gasteiger partial charge in [-0.3, -0.25) is 4.99 Å². The van der Waals surface area contributed by atoms with Crippen LogP contribution < -0.4 is 5.32 Å². The van der Waals surface area contributed by atoms with Crippen LogP contribution >= 0.6 is 0 Å². The first-order valence-electron chi connectivity index (χ1n) is 5.81. The van der Waals surface area contributed by atoms with Gasteiger partial charge in [0.15, 0.2) is 0 Å². The third-order valence-corrected chi connectivity index (χ3v) is 2.88. The van der Waals surface area contributed by atoms with Gasteiger partial charge in [0.05, 0.1) is 5.84 Å². The quantitative estimate of drug-likeness (QED) is 0.814. The summed E-state index contributed by atoms with van der Waals surface area (Å²) >= 11 is 0. The van der Waals surface area contributed by atoms with Gasteiger partial charge in [-0.2, -0.15) is 0 Å². The first kappa shape index (κ1) is 11.1. The highest BCUT2D eigenvalue weighted by Gasteiger charge is 2.10. The molecule has 16 heavy (non-hydrogen) atoms. The zero-order valence-corrected chi connectivity index (χ0v) is 9.54. The molecule has 0 radical (unpaired) electrons. The van der Waals surface area contributed by atoms with Crippen molar-refractivity contribution in [3.8, 4) is 0 Å². The smallest absolute Gasteiger partial charge is 0.123 e. The van der Waals surface area contributed by atoms with E-state index in [1.165, 1.54) is 25.0 Å². The number of hydrogen-bond acceptors (Lipinski definition) is 2. The van der Waals surface area contributed by atoms with Crippen molar-refractivity contribution >= 4 is 5.84 Å². The fourth-order valence-electron chi connectivity index (χ4n) is 1.90. The second-order valence-electron chi connectivity index (χ2n) is 4.20. The monoisotopic (exact) mass is 220 g/mol. The van der Waals surface area contributed by atoms with Gasteiger partial charge in [-0.25, -0.2) is 4.39 Å². The molecule has 0 unspecified atom stereocenters. The van der Waals surface area contributed by atoms with Crippen molar-refractivity contribution in [2.24, 2.45) is 4.99 Å². The number of nitrogens with zero attached hydrogens (tertiary/aromatic N) is 1. The van der Waals surface area contributed by atoms with E-state index in [1.807, 2.05) is 12.1 Å². The zero-order chi connectivity index (χ0) is 11.4. The van der Waals surface area contributed by atoms with Gasteiger partial charge >= 0.3 is 0 Å². The lowest BCUT2D eigenvalue weighted by Gasteiger charge is -2.19. The first-order valence-corrected chi connectivity index (χ1v) is 5.81. The average molecular weight is 220 g/mol. The van der Waals surface area contributed by atoms with Crippen molar-refractivity contribution < 1.29 is 4.39 Å². The number of halogens is 1. The van der Waals surface area contributed by atoms with Gasteiger partial charge in [-0.15, -0.1) is 0 Å². The molecule has 1 heterocycles. The van der Waals surface area contributed by atoms with E-state index >= 15 is 0 Å². The van der Waals surface area contributed by atoms with Crippen molar-refractivity contribution in [3.05, 3.63) is 35.6 Å². The third-order valence-electron chi connectivity index (χ3n) is 2.88. The summed E-state index contributed by atoms with van der Waals surface area (Å²) in [7, 11) is 0. The minimum absolute atomic E-state index is 0.189. The summed E-state index contributed by atoms with van der Waals surface area (Å²) in [4.78, 5) is 4.44. The normalized spacial score (nSPS) is 17.8. The van der Waals surface area contributed by atoms with Gasteiger partial charge in [0.2, 0.25) is 0 Å². The molecule has 0 amide bonds. The Morgan fingerprint density at radius 1 is 1.25 bits per heavy atom. The van der Waals surface area contributed by atoms with Crippen LogP contribution in [0.4, 0.5) is 4.39 Å². The van der Waals surface area contributed by atoms with E-state index in [-0.39, 0.29) is 11.9 Å². The van der Waals surface area contributed by atoms with E-state index in [9.17, 15) is 4.39 Å². The van der Waals surface area contributed by atoms with Crippen molar-refractivity contribution in [1.29, 1.82) is 0 Å². The van der Waals surface area contributed by atoms with Crippen LogP contribution in [0.3, 0.4) is 0 Å². The minimum Gasteiger partial charge on any atom is -0.367 e. The topological polar surface area (TPSA) is 24.4 Å². The van der Waals surface area contributed by atoms with Crippen LogP contribution in [0.15, 0.2) is 29.3 Å². The van der Waals surface area contributed by atoms with Crippen LogP contribution in [0.25, 0.3) is 0 Å². The molecule has 1 atom stereocenters. The number of nitrogens with one attached hydrogen (secondary N) is 1. The summed E-state index contributed by atoms with van der Waals surface area (Å²) in [6.07, 6.45) is 3.43. The SMILES string of the molecule is C[C@H](NC1=NCCCC1)c1ccc(F)cc1. The minimum atomic E-state index is -0.189. The molecular weight excluding hydrogens is 203 g/mol. The highest BCUT2D eigenvalue weighted by molar-refractivity contribution is 5.83. The van der Waals surface area contributed by atoms with Gasteiger partial charge in [0.1, 0.15) is 5.82 Å². The molecular formula is C13H17FN2. The van der Waals surface area contributed by atoms with Crippen LogP contribution in [0, 0.1) is 5.82 Å². The zero-order valence-electron chi connectivity index (χ0n) is 9.54. The van der Waals surface area contributed by atoms with Crippen LogP contribution in [0.5, 0.6) is 0 Å². The van der Waals surface area contributed by atoms with Gasteiger partial charge in [-0.05, 0) is 37.5 Å². The van der Waals surface area contributed by atoms with Crippen molar-refractivity contribution in [3.63, 3.8) is 0 Å².